The third-order valence-electron chi connectivity index (χ3n) is 4.82. The van der Waals surface area contributed by atoms with Crippen LogP contribution in [-0.4, -0.2) is 35.0 Å². The van der Waals surface area contributed by atoms with Gasteiger partial charge in [-0.05, 0) is 36.8 Å². The molecule has 148 valence electrons. The predicted molar refractivity (Wildman–Crippen MR) is 101 cm³/mol. The zero-order valence-corrected chi connectivity index (χ0v) is 15.6. The number of amides is 1. The number of rotatable bonds is 0. The van der Waals surface area contributed by atoms with E-state index in [9.17, 15) is 14.4 Å². The van der Waals surface area contributed by atoms with Gasteiger partial charge in [-0.1, -0.05) is 0 Å². The Kier molecular flexibility index (Phi) is 4.43. The second kappa shape index (κ2) is 6.94. The van der Waals surface area contributed by atoms with Crippen LogP contribution in [0.2, 0.25) is 0 Å². The maximum Gasteiger partial charge on any atom is 0.418 e. The van der Waals surface area contributed by atoms with Crippen LogP contribution in [-0.2, 0) is 0 Å². The Balaban J connectivity index is 1.86. The molecular weight excluding hydrogens is 379 g/mol. The minimum Gasteiger partial charge on any atom is -0.482 e. The minimum absolute atomic E-state index is 0.125. The van der Waals surface area contributed by atoms with E-state index < -0.39 is 30.0 Å². The van der Waals surface area contributed by atoms with Gasteiger partial charge in [-0.25, -0.2) is 14.2 Å². The number of anilines is 1. The molecule has 2 aliphatic heterocycles. The molecule has 10 heteroatoms. The summed E-state index contributed by atoms with van der Waals surface area (Å²) in [6.07, 6.45) is -0.00780. The monoisotopic (exact) mass is 396 g/mol. The van der Waals surface area contributed by atoms with Crippen molar-refractivity contribution in [2.24, 2.45) is 5.10 Å². The van der Waals surface area contributed by atoms with E-state index in [0.717, 1.165) is 0 Å². The Hall–Kier alpha value is -3.87. The van der Waals surface area contributed by atoms with Gasteiger partial charge in [-0.2, -0.15) is 10.4 Å². The average molecular weight is 396 g/mol. The van der Waals surface area contributed by atoms with Crippen molar-refractivity contribution in [3.05, 3.63) is 47.4 Å². The van der Waals surface area contributed by atoms with Gasteiger partial charge in [0.2, 0.25) is 0 Å². The summed E-state index contributed by atoms with van der Waals surface area (Å²) < 4.78 is 25.1. The number of pyridine rings is 1. The lowest BCUT2D eigenvalue weighted by molar-refractivity contribution is 0.198. The first-order valence-corrected chi connectivity index (χ1v) is 8.78. The lowest BCUT2D eigenvalue weighted by Gasteiger charge is -2.23. The first-order valence-electron chi connectivity index (χ1n) is 8.78. The Morgan fingerprint density at radius 2 is 2.14 bits per heavy atom. The molecule has 1 amide bonds. The fraction of sp³-hybridized carbons (Fsp3) is 0.263. The van der Waals surface area contributed by atoms with Gasteiger partial charge in [0.25, 0.3) is 0 Å². The Morgan fingerprint density at radius 3 is 2.90 bits per heavy atom. The topological polar surface area (TPSA) is 126 Å². The fourth-order valence-electron chi connectivity index (χ4n) is 3.41. The number of halogens is 1. The first kappa shape index (κ1) is 18.5. The van der Waals surface area contributed by atoms with Gasteiger partial charge in [-0.15, -0.1) is 0 Å². The summed E-state index contributed by atoms with van der Waals surface area (Å²) in [5.41, 5.74) is 6.86. The minimum atomic E-state index is -0.815. The molecule has 1 aromatic carbocycles. The van der Waals surface area contributed by atoms with Crippen molar-refractivity contribution in [3.8, 4) is 17.6 Å². The summed E-state index contributed by atoms with van der Waals surface area (Å²) in [6.45, 7) is 1.67. The average Bonchev–Trinajstić information content (AvgIpc) is 2.98. The lowest BCUT2D eigenvalue weighted by Crippen LogP contribution is -2.38. The number of hydrogen-bond acceptors (Lipinski definition) is 8. The van der Waals surface area contributed by atoms with E-state index in [0.29, 0.717) is 11.1 Å². The number of likely N-dealkylation sites (N-methyl/N-ethyl adjacent to an activating group) is 1. The van der Waals surface area contributed by atoms with Crippen LogP contribution in [0, 0.1) is 17.1 Å². The summed E-state index contributed by atoms with van der Waals surface area (Å²) in [5.74, 6) is -0.357. The van der Waals surface area contributed by atoms with Crippen LogP contribution in [0.25, 0.3) is 0 Å². The van der Waals surface area contributed by atoms with E-state index in [2.05, 4.69) is 21.5 Å². The molecule has 2 aliphatic rings. The lowest BCUT2D eigenvalue weighted by atomic mass is 9.92. The summed E-state index contributed by atoms with van der Waals surface area (Å²) >= 11 is 0. The SMILES string of the molecule is C[C@H]1Oc2cc(cnc2N)C2C(=NN(C)C2C#N)NC(=O)Oc2ccc(F)cc21. The molecule has 0 fully saturated rings. The van der Waals surface area contributed by atoms with Crippen molar-refractivity contribution < 1.29 is 18.7 Å². The molecule has 0 saturated carbocycles. The normalized spacial score (nSPS) is 23.1. The van der Waals surface area contributed by atoms with E-state index in [-0.39, 0.29) is 23.2 Å². The van der Waals surface area contributed by atoms with E-state index in [1.54, 1.807) is 20.0 Å². The van der Waals surface area contributed by atoms with Gasteiger partial charge >= 0.3 is 6.09 Å². The van der Waals surface area contributed by atoms with Gasteiger partial charge in [0.1, 0.15) is 29.5 Å². The number of ether oxygens (including phenoxy) is 2. The maximum atomic E-state index is 13.8. The standard InChI is InChI=1S/C19H17FN6O3/c1-9-12-6-11(20)3-4-14(12)29-19(27)24-18-16(13(7-21)26(2)25-18)10-5-15(28-9)17(22)23-8-10/h3-6,8-9,13,16H,1-2H3,(H2,22,23)(H,24,25,27)/t9-,13?,16?/m1/s1. The highest BCUT2D eigenvalue weighted by atomic mass is 19.1. The number of carbonyl (C=O) groups is 1. The maximum absolute atomic E-state index is 13.8. The van der Waals surface area contributed by atoms with Crippen LogP contribution >= 0.6 is 0 Å². The first-order chi connectivity index (χ1) is 13.9. The number of nitrogens with two attached hydrogens (primary N) is 1. The molecule has 1 aromatic heterocycles. The number of nitrogen functional groups attached to an aromatic ring is 1. The zero-order valence-electron chi connectivity index (χ0n) is 15.6. The second-order valence-electron chi connectivity index (χ2n) is 6.72. The van der Waals surface area contributed by atoms with Crippen LogP contribution in [0.15, 0.2) is 35.6 Å². The van der Waals surface area contributed by atoms with Crippen LogP contribution in [0.4, 0.5) is 15.0 Å². The molecule has 29 heavy (non-hydrogen) atoms. The summed E-state index contributed by atoms with van der Waals surface area (Å²) in [7, 11) is 1.63. The van der Waals surface area contributed by atoms with Crippen molar-refractivity contribution >= 4 is 17.7 Å². The van der Waals surface area contributed by atoms with Crippen molar-refractivity contribution in [2.75, 3.05) is 12.8 Å². The van der Waals surface area contributed by atoms with Gasteiger partial charge in [0.15, 0.2) is 11.6 Å². The summed E-state index contributed by atoms with van der Waals surface area (Å²) in [4.78, 5) is 16.7. The molecule has 0 spiro atoms. The molecule has 4 rings (SSSR count). The zero-order chi connectivity index (χ0) is 20.7. The van der Waals surface area contributed by atoms with E-state index >= 15 is 0 Å². The number of carbonyl (C=O) groups excluding carboxylic acids is 1. The molecule has 3 N–H and O–H groups in total. The van der Waals surface area contributed by atoms with Crippen molar-refractivity contribution in [1.82, 2.24) is 15.3 Å². The smallest absolute Gasteiger partial charge is 0.418 e. The van der Waals surface area contributed by atoms with Gasteiger partial charge < -0.3 is 15.2 Å². The number of hydrogen-bond donors (Lipinski definition) is 2. The van der Waals surface area contributed by atoms with Gasteiger partial charge in [0.05, 0.1) is 12.0 Å². The van der Waals surface area contributed by atoms with Crippen molar-refractivity contribution in [1.29, 1.82) is 5.26 Å². The molecule has 3 atom stereocenters. The molecule has 2 unspecified atom stereocenters. The van der Waals surface area contributed by atoms with Gasteiger partial charge in [0, 0.05) is 18.8 Å². The molecule has 3 heterocycles. The number of amidine groups is 1. The van der Waals surface area contributed by atoms with Crippen LogP contribution in [0.3, 0.4) is 0 Å². The molecular formula is C19H17FN6O3. The molecule has 0 aliphatic carbocycles. The highest BCUT2D eigenvalue weighted by Gasteiger charge is 2.39. The quantitative estimate of drug-likeness (QED) is 0.699. The number of aromatic nitrogens is 1. The van der Waals surface area contributed by atoms with Gasteiger partial charge in [-0.3, -0.25) is 10.3 Å². The van der Waals surface area contributed by atoms with E-state index in [4.69, 9.17) is 15.2 Å². The van der Waals surface area contributed by atoms with E-state index in [1.165, 1.54) is 29.4 Å². The Labute approximate surface area is 165 Å². The fourth-order valence-corrected chi connectivity index (χ4v) is 3.41. The number of nitrogens with zero attached hydrogens (tertiary/aromatic N) is 4. The highest BCUT2D eigenvalue weighted by molar-refractivity contribution is 6.01. The summed E-state index contributed by atoms with van der Waals surface area (Å²) in [5, 5.41) is 17.9. The number of hydrazone groups is 1. The highest BCUT2D eigenvalue weighted by Crippen LogP contribution is 2.36. The van der Waals surface area contributed by atoms with Crippen molar-refractivity contribution in [3.63, 3.8) is 0 Å². The van der Waals surface area contributed by atoms with Crippen LogP contribution in [0.1, 0.15) is 30.1 Å². The Bertz CT molecular complexity index is 1070. The number of fused-ring (bicyclic) bond motifs is 5. The molecule has 2 aromatic rings. The number of nitriles is 1. The molecule has 0 radical (unpaired) electrons. The molecule has 9 nitrogen and oxygen atoms in total. The largest absolute Gasteiger partial charge is 0.482 e. The number of nitrogens with one attached hydrogen (secondary N) is 1. The Morgan fingerprint density at radius 1 is 1.34 bits per heavy atom. The van der Waals surface area contributed by atoms with Crippen molar-refractivity contribution in [2.45, 2.75) is 25.0 Å². The van der Waals surface area contributed by atoms with Crippen LogP contribution in [0.5, 0.6) is 11.5 Å². The second-order valence-corrected chi connectivity index (χ2v) is 6.72. The van der Waals surface area contributed by atoms with Crippen LogP contribution < -0.4 is 20.5 Å². The van der Waals surface area contributed by atoms with E-state index in [1.807, 2.05) is 0 Å². The summed E-state index contributed by atoms with van der Waals surface area (Å²) in [6, 6.07) is 6.89. The number of benzene rings is 1. The molecule has 0 saturated heterocycles. The third-order valence-corrected chi connectivity index (χ3v) is 4.82. The third kappa shape index (κ3) is 3.27. The molecule has 2 bridgehead atoms. The predicted octanol–water partition coefficient (Wildman–Crippen LogP) is 2.28.